The first-order chi connectivity index (χ1) is 10.6. The van der Waals surface area contributed by atoms with E-state index < -0.39 is 0 Å². The smallest absolute Gasteiger partial charge is 0.307 e. The molecule has 4 nitrogen and oxygen atoms in total. The number of hydrogen-bond acceptors (Lipinski definition) is 3. The number of nitrogens with zero attached hydrogens (tertiary/aromatic N) is 1. The zero-order valence-corrected chi connectivity index (χ0v) is 13.4. The van der Waals surface area contributed by atoms with Crippen LogP contribution in [0.5, 0.6) is 0 Å². The summed E-state index contributed by atoms with van der Waals surface area (Å²) < 4.78 is 5.68. The molecule has 5 heteroatoms. The Morgan fingerprint density at radius 3 is 2.59 bits per heavy atom. The van der Waals surface area contributed by atoms with Gasteiger partial charge in [0.15, 0.2) is 10.4 Å². The summed E-state index contributed by atoms with van der Waals surface area (Å²) >= 11 is 3.16. The zero-order valence-electron chi connectivity index (χ0n) is 11.8. The predicted molar refractivity (Wildman–Crippen MR) is 90.0 cm³/mol. The molecule has 0 spiro atoms. The van der Waals surface area contributed by atoms with Crippen LogP contribution in [0.25, 0.3) is 10.8 Å². The Balaban J connectivity index is 1.79. The molecular weight excluding hydrogens is 344 g/mol. The lowest BCUT2D eigenvalue weighted by atomic mass is 10.0. The number of benzene rings is 2. The Labute approximate surface area is 136 Å². The van der Waals surface area contributed by atoms with E-state index in [1.807, 2.05) is 43.3 Å². The zero-order chi connectivity index (χ0) is 15.5. The van der Waals surface area contributed by atoms with Crippen LogP contribution in [-0.4, -0.2) is 11.6 Å². The summed E-state index contributed by atoms with van der Waals surface area (Å²) in [6.07, 6.45) is 0. The molecular formula is C17H13BrN2O2. The van der Waals surface area contributed by atoms with Crippen LogP contribution in [0.4, 0.5) is 0 Å². The van der Waals surface area contributed by atoms with Gasteiger partial charge in [0.2, 0.25) is 0 Å². The summed E-state index contributed by atoms with van der Waals surface area (Å²) in [5, 5.41) is 6.43. The average Bonchev–Trinajstić information content (AvgIpc) is 2.98. The van der Waals surface area contributed by atoms with Crippen LogP contribution in [0, 0.1) is 0 Å². The van der Waals surface area contributed by atoms with Gasteiger partial charge in [0.05, 0.1) is 5.71 Å². The number of amides is 1. The first-order valence-electron chi connectivity index (χ1n) is 6.72. The Kier molecular flexibility index (Phi) is 4.06. The van der Waals surface area contributed by atoms with Crippen molar-refractivity contribution in [2.75, 3.05) is 0 Å². The molecule has 1 amide bonds. The lowest BCUT2D eigenvalue weighted by Crippen LogP contribution is -2.18. The highest BCUT2D eigenvalue weighted by atomic mass is 79.9. The van der Waals surface area contributed by atoms with Gasteiger partial charge in [-0.25, -0.2) is 5.43 Å². The van der Waals surface area contributed by atoms with E-state index in [2.05, 4.69) is 32.5 Å². The van der Waals surface area contributed by atoms with Crippen molar-refractivity contribution in [2.45, 2.75) is 6.92 Å². The molecule has 0 unspecified atom stereocenters. The lowest BCUT2D eigenvalue weighted by Gasteiger charge is -2.04. The first-order valence-corrected chi connectivity index (χ1v) is 7.52. The molecule has 0 fully saturated rings. The van der Waals surface area contributed by atoms with Crippen molar-refractivity contribution in [3.8, 4) is 0 Å². The van der Waals surface area contributed by atoms with Gasteiger partial charge in [-0.2, -0.15) is 5.10 Å². The summed E-state index contributed by atoms with van der Waals surface area (Å²) in [5.41, 5.74) is 4.18. The van der Waals surface area contributed by atoms with Gasteiger partial charge in [0.25, 0.3) is 0 Å². The second-order valence-electron chi connectivity index (χ2n) is 4.80. The number of carbonyl (C=O) groups is 1. The summed E-state index contributed by atoms with van der Waals surface area (Å²) in [4.78, 5) is 11.9. The number of fused-ring (bicyclic) bond motifs is 1. The molecule has 22 heavy (non-hydrogen) atoms. The molecule has 3 rings (SSSR count). The number of halogens is 1. The van der Waals surface area contributed by atoms with Crippen molar-refractivity contribution in [3.63, 3.8) is 0 Å². The molecule has 0 saturated carbocycles. The van der Waals surface area contributed by atoms with Gasteiger partial charge in [-0.3, -0.25) is 4.79 Å². The topological polar surface area (TPSA) is 54.6 Å². The van der Waals surface area contributed by atoms with Gasteiger partial charge >= 0.3 is 5.91 Å². The lowest BCUT2D eigenvalue weighted by molar-refractivity contribution is 0.0926. The van der Waals surface area contributed by atoms with Crippen molar-refractivity contribution in [1.29, 1.82) is 0 Å². The molecule has 0 radical (unpaired) electrons. The minimum Gasteiger partial charge on any atom is -0.444 e. The average molecular weight is 357 g/mol. The summed E-state index contributed by atoms with van der Waals surface area (Å²) in [6.45, 7) is 1.85. The molecule has 0 atom stereocenters. The van der Waals surface area contributed by atoms with E-state index in [1.54, 1.807) is 12.1 Å². The van der Waals surface area contributed by atoms with Gasteiger partial charge < -0.3 is 4.42 Å². The van der Waals surface area contributed by atoms with Crippen molar-refractivity contribution in [2.24, 2.45) is 5.10 Å². The van der Waals surface area contributed by atoms with E-state index in [9.17, 15) is 4.79 Å². The first kappa shape index (κ1) is 14.5. The number of rotatable bonds is 3. The van der Waals surface area contributed by atoms with Gasteiger partial charge in [-0.05, 0) is 57.4 Å². The molecule has 1 N–H and O–H groups in total. The van der Waals surface area contributed by atoms with E-state index in [4.69, 9.17) is 4.42 Å². The number of carbonyl (C=O) groups excluding carboxylic acids is 1. The van der Waals surface area contributed by atoms with Gasteiger partial charge in [-0.15, -0.1) is 0 Å². The quantitative estimate of drug-likeness (QED) is 0.560. The summed E-state index contributed by atoms with van der Waals surface area (Å²) in [5.74, 6) is -0.173. The summed E-state index contributed by atoms with van der Waals surface area (Å²) in [6, 6.07) is 17.4. The largest absolute Gasteiger partial charge is 0.444 e. The molecule has 2 aromatic carbocycles. The van der Waals surface area contributed by atoms with Crippen molar-refractivity contribution < 1.29 is 9.21 Å². The third-order valence-electron chi connectivity index (χ3n) is 3.29. The maximum Gasteiger partial charge on any atom is 0.307 e. The van der Waals surface area contributed by atoms with E-state index in [0.717, 1.165) is 16.7 Å². The number of nitrogens with one attached hydrogen (secondary N) is 1. The fraction of sp³-hybridized carbons (Fsp3) is 0.0588. The number of hydrogen-bond donors (Lipinski definition) is 1. The fourth-order valence-corrected chi connectivity index (χ4v) is 2.41. The Morgan fingerprint density at radius 1 is 1.09 bits per heavy atom. The minimum atomic E-state index is -0.383. The van der Waals surface area contributed by atoms with Gasteiger partial charge in [0, 0.05) is 0 Å². The molecule has 0 bridgehead atoms. The van der Waals surface area contributed by atoms with Crippen LogP contribution in [0.15, 0.2) is 68.8 Å². The molecule has 3 aromatic rings. The third-order valence-corrected chi connectivity index (χ3v) is 3.72. The molecule has 0 saturated heterocycles. The molecule has 0 aliphatic heterocycles. The van der Waals surface area contributed by atoms with E-state index in [0.29, 0.717) is 4.67 Å². The second-order valence-corrected chi connectivity index (χ2v) is 5.59. The van der Waals surface area contributed by atoms with E-state index in [-0.39, 0.29) is 11.7 Å². The van der Waals surface area contributed by atoms with Crippen LogP contribution >= 0.6 is 15.9 Å². The molecule has 1 heterocycles. The van der Waals surface area contributed by atoms with Crippen molar-refractivity contribution in [1.82, 2.24) is 5.43 Å². The van der Waals surface area contributed by atoms with Crippen LogP contribution in [0.1, 0.15) is 23.0 Å². The fourth-order valence-electron chi connectivity index (χ4n) is 2.10. The van der Waals surface area contributed by atoms with Crippen LogP contribution in [-0.2, 0) is 0 Å². The van der Waals surface area contributed by atoms with Crippen molar-refractivity contribution in [3.05, 3.63) is 70.6 Å². The van der Waals surface area contributed by atoms with Crippen LogP contribution in [0.3, 0.4) is 0 Å². The Hall–Kier alpha value is -2.40. The van der Waals surface area contributed by atoms with Gasteiger partial charge in [-0.1, -0.05) is 36.4 Å². The Bertz CT molecular complexity index is 868. The third kappa shape index (κ3) is 3.09. The summed E-state index contributed by atoms with van der Waals surface area (Å²) in [7, 11) is 0. The van der Waals surface area contributed by atoms with Crippen LogP contribution in [0.2, 0.25) is 0 Å². The SMILES string of the molecule is CC(=NNC(=O)c1ccc(Br)o1)c1ccc2ccccc2c1. The number of hydrazone groups is 1. The minimum absolute atomic E-state index is 0.210. The Morgan fingerprint density at radius 2 is 1.86 bits per heavy atom. The molecule has 1 aromatic heterocycles. The van der Waals surface area contributed by atoms with E-state index >= 15 is 0 Å². The molecule has 0 aliphatic rings. The van der Waals surface area contributed by atoms with Gasteiger partial charge in [0.1, 0.15) is 0 Å². The van der Waals surface area contributed by atoms with E-state index in [1.165, 1.54) is 5.39 Å². The maximum absolute atomic E-state index is 11.9. The second kappa shape index (κ2) is 6.15. The monoisotopic (exact) mass is 356 g/mol. The maximum atomic E-state index is 11.9. The highest BCUT2D eigenvalue weighted by Gasteiger charge is 2.09. The molecule has 110 valence electrons. The number of furan rings is 1. The highest BCUT2D eigenvalue weighted by molar-refractivity contribution is 9.10. The van der Waals surface area contributed by atoms with Crippen molar-refractivity contribution >= 4 is 38.3 Å². The predicted octanol–water partition coefficient (Wildman–Crippen LogP) is 4.35. The van der Waals surface area contributed by atoms with Crippen LogP contribution < -0.4 is 5.43 Å². The highest BCUT2D eigenvalue weighted by Crippen LogP contribution is 2.16. The standard InChI is InChI=1S/C17H13BrN2O2/c1-11(19-20-17(21)15-8-9-16(18)22-15)13-7-6-12-4-2-3-5-14(12)10-13/h2-10H,1H3,(H,20,21). The normalized spacial score (nSPS) is 11.6. The molecule has 0 aliphatic carbocycles.